The van der Waals surface area contributed by atoms with Crippen LogP contribution in [0.4, 0.5) is 8.78 Å². The van der Waals surface area contributed by atoms with Crippen molar-refractivity contribution in [3.8, 4) is 0 Å². The minimum absolute atomic E-state index is 0.242. The lowest BCUT2D eigenvalue weighted by atomic mass is 10.0. The second kappa shape index (κ2) is 4.91. The molecule has 1 aromatic rings. The van der Waals surface area contributed by atoms with Gasteiger partial charge in [-0.3, -0.25) is 0 Å². The summed E-state index contributed by atoms with van der Waals surface area (Å²) in [6.07, 6.45) is 3.56. The Bertz CT molecular complexity index is 345. The highest BCUT2D eigenvalue weighted by Gasteiger charge is 2.24. The molecule has 88 valence electrons. The second-order valence-corrected chi connectivity index (χ2v) is 4.68. The number of benzene rings is 1. The Hall–Kier alpha value is -0.960. The summed E-state index contributed by atoms with van der Waals surface area (Å²) in [6, 6.07) is 4.61. The van der Waals surface area contributed by atoms with Gasteiger partial charge in [-0.15, -0.1) is 0 Å². The molecular formula is C13H18F2N+. The molecule has 0 aliphatic carbocycles. The first-order valence-electron chi connectivity index (χ1n) is 5.96. The minimum atomic E-state index is -0.412. The van der Waals surface area contributed by atoms with Crippen LogP contribution in [0.25, 0.3) is 0 Å². The number of piperidine rings is 1. The Morgan fingerprint density at radius 2 is 1.94 bits per heavy atom. The van der Waals surface area contributed by atoms with E-state index in [-0.39, 0.29) is 5.56 Å². The van der Waals surface area contributed by atoms with Crippen molar-refractivity contribution in [3.63, 3.8) is 0 Å². The molecule has 1 saturated heterocycles. The van der Waals surface area contributed by atoms with Gasteiger partial charge in [-0.25, -0.2) is 8.78 Å². The van der Waals surface area contributed by atoms with Crippen LogP contribution in [0.2, 0.25) is 0 Å². The third kappa shape index (κ3) is 2.40. The quantitative estimate of drug-likeness (QED) is 0.786. The molecule has 2 rings (SSSR count). The van der Waals surface area contributed by atoms with Gasteiger partial charge >= 0.3 is 0 Å². The molecule has 0 bridgehead atoms. The van der Waals surface area contributed by atoms with E-state index >= 15 is 0 Å². The Kier molecular flexibility index (Phi) is 3.54. The molecule has 0 radical (unpaired) electrons. The molecular weight excluding hydrogens is 208 g/mol. The number of hydrogen-bond donors (Lipinski definition) is 1. The van der Waals surface area contributed by atoms with Crippen molar-refractivity contribution < 1.29 is 13.7 Å². The van der Waals surface area contributed by atoms with E-state index < -0.39 is 11.6 Å². The van der Waals surface area contributed by atoms with Crippen LogP contribution in [0, 0.1) is 11.6 Å². The average molecular weight is 226 g/mol. The standard InChI is InChI=1S/C13H17F2N/c1-10-5-2-3-8-16(10)9-11-12(14)6-4-7-13(11)15/h4,6-7,10H,2-3,5,8-9H2,1H3/p+1/t10-/m1/s1. The summed E-state index contributed by atoms with van der Waals surface area (Å²) >= 11 is 0. The summed E-state index contributed by atoms with van der Waals surface area (Å²) in [5.74, 6) is -0.824. The molecule has 0 saturated carbocycles. The van der Waals surface area contributed by atoms with E-state index in [0.29, 0.717) is 12.6 Å². The van der Waals surface area contributed by atoms with Crippen molar-refractivity contribution in [1.29, 1.82) is 0 Å². The number of halogens is 2. The molecule has 3 heteroatoms. The van der Waals surface area contributed by atoms with Gasteiger partial charge < -0.3 is 4.90 Å². The van der Waals surface area contributed by atoms with Crippen molar-refractivity contribution in [3.05, 3.63) is 35.4 Å². The Morgan fingerprint density at radius 3 is 2.56 bits per heavy atom. The lowest BCUT2D eigenvalue weighted by molar-refractivity contribution is -0.942. The van der Waals surface area contributed by atoms with Gasteiger partial charge in [-0.05, 0) is 38.3 Å². The molecule has 0 amide bonds. The van der Waals surface area contributed by atoms with Gasteiger partial charge in [-0.2, -0.15) is 0 Å². The summed E-state index contributed by atoms with van der Waals surface area (Å²) in [4.78, 5) is 1.30. The van der Waals surface area contributed by atoms with Gasteiger partial charge in [0.1, 0.15) is 18.2 Å². The third-order valence-corrected chi connectivity index (χ3v) is 3.55. The molecule has 1 nitrogen and oxygen atoms in total. The van der Waals surface area contributed by atoms with E-state index in [2.05, 4.69) is 6.92 Å². The maximum Gasteiger partial charge on any atom is 0.135 e. The van der Waals surface area contributed by atoms with Crippen molar-refractivity contribution in [1.82, 2.24) is 0 Å². The topological polar surface area (TPSA) is 4.44 Å². The number of hydrogen-bond acceptors (Lipinski definition) is 0. The molecule has 1 aromatic carbocycles. The van der Waals surface area contributed by atoms with Crippen LogP contribution in [0.1, 0.15) is 31.7 Å². The first kappa shape index (κ1) is 11.5. The Labute approximate surface area is 95.1 Å². The summed E-state index contributed by atoms with van der Waals surface area (Å²) in [6.45, 7) is 3.65. The van der Waals surface area contributed by atoms with Crippen LogP contribution in [0.3, 0.4) is 0 Å². The van der Waals surface area contributed by atoms with Crippen LogP contribution in [-0.4, -0.2) is 12.6 Å². The molecule has 1 N–H and O–H groups in total. The molecule has 0 spiro atoms. The normalized spacial score (nSPS) is 25.7. The van der Waals surface area contributed by atoms with E-state index in [0.717, 1.165) is 19.4 Å². The fourth-order valence-electron chi connectivity index (χ4n) is 2.44. The highest BCUT2D eigenvalue weighted by atomic mass is 19.1. The fraction of sp³-hybridized carbons (Fsp3) is 0.538. The number of likely N-dealkylation sites (tertiary alicyclic amines) is 1. The summed E-state index contributed by atoms with van der Waals surface area (Å²) in [7, 11) is 0. The predicted octanol–water partition coefficient (Wildman–Crippen LogP) is 1.92. The Balaban J connectivity index is 2.13. The van der Waals surface area contributed by atoms with E-state index in [1.165, 1.54) is 29.5 Å². The zero-order valence-corrected chi connectivity index (χ0v) is 9.60. The number of rotatable bonds is 2. The van der Waals surface area contributed by atoms with E-state index in [9.17, 15) is 8.78 Å². The van der Waals surface area contributed by atoms with E-state index in [4.69, 9.17) is 0 Å². The van der Waals surface area contributed by atoms with Crippen molar-refractivity contribution >= 4 is 0 Å². The van der Waals surface area contributed by atoms with Gasteiger partial charge in [0.05, 0.1) is 18.2 Å². The van der Waals surface area contributed by atoms with Crippen molar-refractivity contribution in [2.75, 3.05) is 6.54 Å². The van der Waals surface area contributed by atoms with Gasteiger partial charge in [0.25, 0.3) is 0 Å². The molecule has 1 heterocycles. The monoisotopic (exact) mass is 226 g/mol. The molecule has 0 aromatic heterocycles. The van der Waals surface area contributed by atoms with E-state index in [1.807, 2.05) is 0 Å². The van der Waals surface area contributed by atoms with Crippen molar-refractivity contribution in [2.24, 2.45) is 0 Å². The third-order valence-electron chi connectivity index (χ3n) is 3.55. The molecule has 2 atom stereocenters. The molecule has 1 aliphatic heterocycles. The van der Waals surface area contributed by atoms with Gasteiger partial charge in [-0.1, -0.05) is 6.07 Å². The fourth-order valence-corrected chi connectivity index (χ4v) is 2.44. The smallest absolute Gasteiger partial charge is 0.135 e. The highest BCUT2D eigenvalue weighted by Crippen LogP contribution is 2.11. The molecule has 1 unspecified atom stereocenters. The lowest BCUT2D eigenvalue weighted by Crippen LogP contribution is -3.15. The highest BCUT2D eigenvalue weighted by molar-refractivity contribution is 5.18. The van der Waals surface area contributed by atoms with Crippen LogP contribution in [-0.2, 0) is 6.54 Å². The number of nitrogens with one attached hydrogen (secondary N) is 1. The Morgan fingerprint density at radius 1 is 1.25 bits per heavy atom. The van der Waals surface area contributed by atoms with Gasteiger partial charge in [0, 0.05) is 0 Å². The van der Waals surface area contributed by atoms with Crippen LogP contribution >= 0.6 is 0 Å². The van der Waals surface area contributed by atoms with Crippen molar-refractivity contribution in [2.45, 2.75) is 38.8 Å². The zero-order chi connectivity index (χ0) is 11.5. The average Bonchev–Trinajstić information content (AvgIpc) is 2.26. The van der Waals surface area contributed by atoms with Gasteiger partial charge in [0.15, 0.2) is 0 Å². The summed E-state index contributed by atoms with van der Waals surface area (Å²) < 4.78 is 27.0. The van der Waals surface area contributed by atoms with Crippen LogP contribution in [0.15, 0.2) is 18.2 Å². The zero-order valence-electron chi connectivity index (χ0n) is 9.60. The second-order valence-electron chi connectivity index (χ2n) is 4.68. The maximum atomic E-state index is 13.5. The molecule has 16 heavy (non-hydrogen) atoms. The van der Waals surface area contributed by atoms with Crippen LogP contribution < -0.4 is 4.90 Å². The van der Waals surface area contributed by atoms with Gasteiger partial charge in [0.2, 0.25) is 0 Å². The predicted molar refractivity (Wildman–Crippen MR) is 59.2 cm³/mol. The SMILES string of the molecule is C[C@@H]1CCCC[NH+]1Cc1c(F)cccc1F. The molecule has 1 aliphatic rings. The maximum absolute atomic E-state index is 13.5. The lowest BCUT2D eigenvalue weighted by Gasteiger charge is -2.30. The number of quaternary nitrogens is 1. The van der Waals surface area contributed by atoms with Crippen LogP contribution in [0.5, 0.6) is 0 Å². The summed E-state index contributed by atoms with van der Waals surface area (Å²) in [5.41, 5.74) is 0.242. The first-order chi connectivity index (χ1) is 7.68. The van der Waals surface area contributed by atoms with E-state index in [1.54, 1.807) is 0 Å². The largest absolute Gasteiger partial charge is 0.329 e. The summed E-state index contributed by atoms with van der Waals surface area (Å²) in [5, 5.41) is 0. The minimum Gasteiger partial charge on any atom is -0.329 e. The molecule has 1 fully saturated rings. The first-order valence-corrected chi connectivity index (χ1v) is 5.96.